The number of para-hydroxylation sites is 2. The van der Waals surface area contributed by atoms with Crippen LogP contribution in [0.25, 0.3) is 11.1 Å². The van der Waals surface area contributed by atoms with Gasteiger partial charge in [-0.15, -0.1) is 0 Å². The summed E-state index contributed by atoms with van der Waals surface area (Å²) in [7, 11) is 0. The van der Waals surface area contributed by atoms with E-state index in [1.54, 1.807) is 48.5 Å². The first-order chi connectivity index (χ1) is 15.6. The molecule has 0 saturated heterocycles. The molecule has 1 unspecified atom stereocenters. The van der Waals surface area contributed by atoms with Crippen molar-refractivity contribution in [1.29, 1.82) is 0 Å². The SMILES string of the molecule is O=C(Cn1c(=O)oc2ccccc21)OCC(=O)N1N=C(c2ccco2)CC1c1ccco1. The fourth-order valence-corrected chi connectivity index (χ4v) is 3.58. The maximum atomic E-state index is 12.8. The van der Waals surface area contributed by atoms with Gasteiger partial charge in [0.15, 0.2) is 12.2 Å². The van der Waals surface area contributed by atoms with E-state index in [0.717, 1.165) is 4.57 Å². The lowest BCUT2D eigenvalue weighted by Gasteiger charge is -2.19. The average molecular weight is 435 g/mol. The van der Waals surface area contributed by atoms with E-state index >= 15 is 0 Å². The van der Waals surface area contributed by atoms with Gasteiger partial charge in [-0.2, -0.15) is 5.10 Å². The number of aromatic nitrogens is 1. The second-order valence-corrected chi connectivity index (χ2v) is 7.08. The Morgan fingerprint density at radius 3 is 2.66 bits per heavy atom. The van der Waals surface area contributed by atoms with Crippen molar-refractivity contribution >= 4 is 28.7 Å². The van der Waals surface area contributed by atoms with Gasteiger partial charge in [0.25, 0.3) is 5.91 Å². The molecule has 162 valence electrons. The summed E-state index contributed by atoms with van der Waals surface area (Å²) in [5.41, 5.74) is 1.40. The Kier molecular flexibility index (Phi) is 4.94. The van der Waals surface area contributed by atoms with Crippen LogP contribution >= 0.6 is 0 Å². The van der Waals surface area contributed by atoms with E-state index in [2.05, 4.69) is 5.10 Å². The van der Waals surface area contributed by atoms with Crippen LogP contribution in [0.1, 0.15) is 24.0 Å². The molecule has 10 heteroatoms. The first-order valence-corrected chi connectivity index (χ1v) is 9.81. The van der Waals surface area contributed by atoms with Crippen molar-refractivity contribution in [3.63, 3.8) is 0 Å². The molecule has 32 heavy (non-hydrogen) atoms. The highest BCUT2D eigenvalue weighted by molar-refractivity contribution is 6.01. The van der Waals surface area contributed by atoms with Crippen LogP contribution in [-0.2, 0) is 20.9 Å². The van der Waals surface area contributed by atoms with E-state index in [1.807, 2.05) is 0 Å². The van der Waals surface area contributed by atoms with Crippen molar-refractivity contribution in [1.82, 2.24) is 9.58 Å². The first kappa shape index (κ1) is 19.6. The minimum Gasteiger partial charge on any atom is -0.467 e. The van der Waals surface area contributed by atoms with E-state index < -0.39 is 30.3 Å². The standard InChI is InChI=1S/C22H17N3O7/c26-20(13-31-21(27)12-24-15-5-1-2-6-19(15)32-22(24)28)25-16(18-8-4-10-30-18)11-14(23-25)17-7-3-9-29-17/h1-10,16H,11-13H2. The largest absolute Gasteiger partial charge is 0.467 e. The summed E-state index contributed by atoms with van der Waals surface area (Å²) in [5.74, 6) is -0.882. The Hall–Kier alpha value is -4.34. The number of ether oxygens (including phenoxy) is 1. The number of hydrazone groups is 1. The van der Waals surface area contributed by atoms with Crippen molar-refractivity contribution in [3.05, 3.63) is 83.1 Å². The molecule has 5 rings (SSSR count). The predicted molar refractivity (Wildman–Crippen MR) is 110 cm³/mol. The van der Waals surface area contributed by atoms with Crippen LogP contribution in [0.15, 0.2) is 84.2 Å². The summed E-state index contributed by atoms with van der Waals surface area (Å²) in [6, 6.07) is 13.2. The molecule has 1 aromatic carbocycles. The number of amides is 1. The molecule has 1 amide bonds. The normalized spacial score (nSPS) is 15.8. The van der Waals surface area contributed by atoms with Crippen LogP contribution < -0.4 is 5.76 Å². The van der Waals surface area contributed by atoms with Gasteiger partial charge in [0.1, 0.15) is 29.8 Å². The van der Waals surface area contributed by atoms with Crippen molar-refractivity contribution in [3.8, 4) is 0 Å². The molecule has 0 aliphatic carbocycles. The Bertz CT molecular complexity index is 1350. The third-order valence-electron chi connectivity index (χ3n) is 5.06. The number of oxazole rings is 1. The molecule has 0 bridgehead atoms. The van der Waals surface area contributed by atoms with E-state index in [4.69, 9.17) is 18.0 Å². The van der Waals surface area contributed by atoms with Crippen LogP contribution in [0.4, 0.5) is 0 Å². The second-order valence-electron chi connectivity index (χ2n) is 7.08. The summed E-state index contributed by atoms with van der Waals surface area (Å²) in [6.07, 6.45) is 3.42. The summed E-state index contributed by atoms with van der Waals surface area (Å²) in [4.78, 5) is 37.2. The number of carbonyl (C=O) groups is 2. The zero-order chi connectivity index (χ0) is 22.1. The molecule has 0 saturated carbocycles. The fraction of sp³-hybridized carbons (Fsp3) is 0.182. The molecular formula is C22H17N3O7. The molecule has 4 aromatic rings. The van der Waals surface area contributed by atoms with Gasteiger partial charge >= 0.3 is 11.7 Å². The zero-order valence-corrected chi connectivity index (χ0v) is 16.7. The third kappa shape index (κ3) is 3.62. The maximum Gasteiger partial charge on any atom is 0.420 e. The molecule has 0 radical (unpaired) electrons. The molecule has 4 heterocycles. The van der Waals surface area contributed by atoms with E-state index in [1.165, 1.54) is 17.5 Å². The molecule has 1 aliphatic heterocycles. The lowest BCUT2D eigenvalue weighted by Crippen LogP contribution is -2.32. The van der Waals surface area contributed by atoms with Gasteiger partial charge in [0, 0.05) is 6.42 Å². The van der Waals surface area contributed by atoms with E-state index in [0.29, 0.717) is 34.8 Å². The average Bonchev–Trinajstić information content (AvgIpc) is 3.58. The number of fused-ring (bicyclic) bond motifs is 1. The number of hydrogen-bond donors (Lipinski definition) is 0. The van der Waals surface area contributed by atoms with Crippen LogP contribution in [0, 0.1) is 0 Å². The molecule has 0 spiro atoms. The van der Waals surface area contributed by atoms with Crippen molar-refractivity contribution in [2.45, 2.75) is 19.0 Å². The van der Waals surface area contributed by atoms with Crippen LogP contribution in [0.2, 0.25) is 0 Å². The lowest BCUT2D eigenvalue weighted by molar-refractivity contribution is -0.153. The van der Waals surface area contributed by atoms with Gasteiger partial charge in [0.2, 0.25) is 0 Å². The molecule has 3 aromatic heterocycles. The Balaban J connectivity index is 1.29. The molecule has 10 nitrogen and oxygen atoms in total. The Morgan fingerprint density at radius 2 is 1.88 bits per heavy atom. The van der Waals surface area contributed by atoms with Crippen molar-refractivity contribution < 1.29 is 27.6 Å². The molecule has 0 fully saturated rings. The molecule has 0 N–H and O–H groups in total. The summed E-state index contributed by atoms with van der Waals surface area (Å²) < 4.78 is 22.2. The van der Waals surface area contributed by atoms with Gasteiger partial charge in [-0.05, 0) is 36.4 Å². The number of benzene rings is 1. The third-order valence-corrected chi connectivity index (χ3v) is 5.06. The number of esters is 1. The number of furan rings is 2. The smallest absolute Gasteiger partial charge is 0.420 e. The molecule has 1 atom stereocenters. The quantitative estimate of drug-likeness (QED) is 0.427. The van der Waals surface area contributed by atoms with E-state index in [-0.39, 0.29) is 6.54 Å². The second kappa shape index (κ2) is 8.06. The number of hydrogen-bond acceptors (Lipinski definition) is 8. The topological polar surface area (TPSA) is 120 Å². The summed E-state index contributed by atoms with van der Waals surface area (Å²) in [5, 5.41) is 5.59. The number of nitrogens with zero attached hydrogens (tertiary/aromatic N) is 3. The summed E-state index contributed by atoms with van der Waals surface area (Å²) >= 11 is 0. The minimum atomic E-state index is -0.754. The van der Waals surface area contributed by atoms with Gasteiger partial charge in [-0.25, -0.2) is 9.80 Å². The lowest BCUT2D eigenvalue weighted by atomic mass is 10.1. The van der Waals surface area contributed by atoms with Crippen LogP contribution in [0.5, 0.6) is 0 Å². The minimum absolute atomic E-state index is 0.361. The first-order valence-electron chi connectivity index (χ1n) is 9.81. The van der Waals surface area contributed by atoms with E-state index in [9.17, 15) is 14.4 Å². The van der Waals surface area contributed by atoms with Gasteiger partial charge in [-0.1, -0.05) is 12.1 Å². The fourth-order valence-electron chi connectivity index (χ4n) is 3.58. The predicted octanol–water partition coefficient (Wildman–Crippen LogP) is 2.70. The monoisotopic (exact) mass is 435 g/mol. The van der Waals surface area contributed by atoms with Crippen molar-refractivity contribution in [2.24, 2.45) is 5.10 Å². The summed E-state index contributed by atoms with van der Waals surface area (Å²) in [6.45, 7) is -0.929. The highest BCUT2D eigenvalue weighted by Gasteiger charge is 2.36. The van der Waals surface area contributed by atoms with Crippen molar-refractivity contribution in [2.75, 3.05) is 6.61 Å². The number of rotatable bonds is 6. The van der Waals surface area contributed by atoms with Gasteiger partial charge < -0.3 is 18.0 Å². The number of carbonyl (C=O) groups excluding carboxylic acids is 2. The van der Waals surface area contributed by atoms with Gasteiger partial charge in [0.05, 0.1) is 18.0 Å². The molecule has 1 aliphatic rings. The zero-order valence-electron chi connectivity index (χ0n) is 16.7. The highest BCUT2D eigenvalue weighted by Crippen LogP contribution is 2.33. The Labute approximate surface area is 180 Å². The highest BCUT2D eigenvalue weighted by atomic mass is 16.5. The molecular weight excluding hydrogens is 418 g/mol. The van der Waals surface area contributed by atoms with Gasteiger partial charge in [-0.3, -0.25) is 14.2 Å². The van der Waals surface area contributed by atoms with Crippen LogP contribution in [0.3, 0.4) is 0 Å². The Morgan fingerprint density at radius 1 is 1.06 bits per heavy atom. The van der Waals surface area contributed by atoms with Crippen LogP contribution in [-0.4, -0.2) is 33.8 Å². The maximum absolute atomic E-state index is 12.8.